The zero-order chi connectivity index (χ0) is 26.2. The van der Waals surface area contributed by atoms with Crippen molar-refractivity contribution in [1.29, 1.82) is 0 Å². The molecule has 1 atom stereocenters. The van der Waals surface area contributed by atoms with Gasteiger partial charge in [0.15, 0.2) is 0 Å². The van der Waals surface area contributed by atoms with Crippen LogP contribution < -0.4 is 5.32 Å². The molecule has 3 heterocycles. The number of amides is 2. The molecular weight excluding hydrogens is 470 g/mol. The number of hydrogen-bond acceptors (Lipinski definition) is 2. The fraction of sp³-hybridized carbons (Fsp3) is 0.188. The Morgan fingerprint density at radius 3 is 2.26 bits per heavy atom. The third kappa shape index (κ3) is 4.18. The van der Waals surface area contributed by atoms with Gasteiger partial charge in [0.25, 0.3) is 0 Å². The minimum absolute atomic E-state index is 0.144. The second-order valence-electron chi connectivity index (χ2n) is 9.89. The van der Waals surface area contributed by atoms with E-state index in [0.717, 1.165) is 51.7 Å². The molecule has 1 aliphatic rings. The van der Waals surface area contributed by atoms with E-state index in [2.05, 4.69) is 78.5 Å². The molecule has 0 saturated heterocycles. The van der Waals surface area contributed by atoms with Crippen molar-refractivity contribution in [3.8, 4) is 11.5 Å². The minimum atomic E-state index is -0.280. The van der Waals surface area contributed by atoms with Gasteiger partial charge in [0.1, 0.15) is 5.82 Å². The highest BCUT2D eigenvalue weighted by Crippen LogP contribution is 2.39. The first-order chi connectivity index (χ1) is 18.5. The van der Waals surface area contributed by atoms with Crippen molar-refractivity contribution in [2.24, 2.45) is 0 Å². The molecule has 190 valence electrons. The molecule has 5 aromatic rings. The molecule has 3 aromatic carbocycles. The van der Waals surface area contributed by atoms with Crippen molar-refractivity contribution in [2.75, 3.05) is 5.32 Å². The fourth-order valence-corrected chi connectivity index (χ4v) is 5.28. The van der Waals surface area contributed by atoms with E-state index in [4.69, 9.17) is 5.10 Å². The number of aromatic nitrogens is 3. The number of nitrogens with zero attached hydrogens (tertiary/aromatic N) is 4. The summed E-state index contributed by atoms with van der Waals surface area (Å²) in [6.45, 7) is 6.68. The predicted octanol–water partition coefficient (Wildman–Crippen LogP) is 6.98. The number of carbonyl (C=O) groups excluding carboxylic acids is 1. The molecule has 1 aliphatic heterocycles. The lowest BCUT2D eigenvalue weighted by Gasteiger charge is -2.31. The molecule has 6 rings (SSSR count). The molecule has 6 nitrogen and oxygen atoms in total. The zero-order valence-electron chi connectivity index (χ0n) is 21.9. The first-order valence-corrected chi connectivity index (χ1v) is 13.1. The van der Waals surface area contributed by atoms with E-state index in [9.17, 15) is 4.79 Å². The average molecular weight is 502 g/mol. The van der Waals surface area contributed by atoms with Gasteiger partial charge < -0.3 is 14.8 Å². The van der Waals surface area contributed by atoms with Crippen LogP contribution in [0.25, 0.3) is 11.5 Å². The standard InChI is InChI=1S/C32H31N5O/c1-4-28-27-21-36(32(38)33-25-18-14-23(3)15-19-25)30(24-16-12-22(2)13-17-24)29-11-8-20-35(29)31(27)37(34-28)26-9-6-5-7-10-26/h5-20,30H,4,21H2,1-3H3,(H,33,38)/t30-/m1/s1. The monoisotopic (exact) mass is 501 g/mol. The Morgan fingerprint density at radius 1 is 0.895 bits per heavy atom. The maximum absolute atomic E-state index is 14.1. The Bertz CT molecular complexity index is 1580. The second kappa shape index (κ2) is 9.71. The van der Waals surface area contributed by atoms with Crippen LogP contribution in [0.15, 0.2) is 97.2 Å². The number of anilines is 1. The van der Waals surface area contributed by atoms with Crippen molar-refractivity contribution in [2.45, 2.75) is 39.8 Å². The number of aryl methyl sites for hydroxylation is 3. The summed E-state index contributed by atoms with van der Waals surface area (Å²) in [6.07, 6.45) is 2.85. The van der Waals surface area contributed by atoms with Crippen LogP contribution in [0, 0.1) is 13.8 Å². The van der Waals surface area contributed by atoms with E-state index in [1.165, 1.54) is 5.56 Å². The number of urea groups is 1. The first-order valence-electron chi connectivity index (χ1n) is 13.1. The maximum Gasteiger partial charge on any atom is 0.322 e. The number of benzene rings is 3. The van der Waals surface area contributed by atoms with Gasteiger partial charge in [0.2, 0.25) is 0 Å². The number of carbonyl (C=O) groups is 1. The van der Waals surface area contributed by atoms with Gasteiger partial charge in [-0.05, 0) is 62.2 Å². The van der Waals surface area contributed by atoms with E-state index in [0.29, 0.717) is 6.54 Å². The highest BCUT2D eigenvalue weighted by molar-refractivity contribution is 5.90. The smallest absolute Gasteiger partial charge is 0.308 e. The minimum Gasteiger partial charge on any atom is -0.308 e. The van der Waals surface area contributed by atoms with Gasteiger partial charge in [0.05, 0.1) is 29.7 Å². The molecule has 2 amide bonds. The Kier molecular flexibility index (Phi) is 6.08. The summed E-state index contributed by atoms with van der Waals surface area (Å²) >= 11 is 0. The van der Waals surface area contributed by atoms with Crippen molar-refractivity contribution >= 4 is 11.7 Å². The van der Waals surface area contributed by atoms with Crippen LogP contribution >= 0.6 is 0 Å². The van der Waals surface area contributed by atoms with Crippen molar-refractivity contribution < 1.29 is 4.79 Å². The normalized spacial score (nSPS) is 14.5. The largest absolute Gasteiger partial charge is 0.322 e. The molecule has 0 radical (unpaired) electrons. The lowest BCUT2D eigenvalue weighted by molar-refractivity contribution is 0.194. The number of para-hydroxylation sites is 1. The second-order valence-corrected chi connectivity index (χ2v) is 9.89. The molecule has 2 aromatic heterocycles. The molecular formula is C32H31N5O. The third-order valence-electron chi connectivity index (χ3n) is 7.26. The first kappa shape index (κ1) is 23.8. The van der Waals surface area contributed by atoms with Crippen LogP contribution in [0.3, 0.4) is 0 Å². The maximum atomic E-state index is 14.1. The van der Waals surface area contributed by atoms with Gasteiger partial charge in [-0.3, -0.25) is 0 Å². The van der Waals surface area contributed by atoms with Crippen LogP contribution in [-0.4, -0.2) is 25.3 Å². The molecule has 0 aliphatic carbocycles. The van der Waals surface area contributed by atoms with E-state index in [1.54, 1.807) is 0 Å². The zero-order valence-corrected chi connectivity index (χ0v) is 21.9. The van der Waals surface area contributed by atoms with E-state index >= 15 is 0 Å². The predicted molar refractivity (Wildman–Crippen MR) is 151 cm³/mol. The number of hydrogen-bond donors (Lipinski definition) is 1. The summed E-state index contributed by atoms with van der Waals surface area (Å²) < 4.78 is 4.23. The molecule has 1 N–H and O–H groups in total. The number of nitrogens with one attached hydrogen (secondary N) is 1. The Hall–Kier alpha value is -4.58. The molecule has 0 fully saturated rings. The van der Waals surface area contributed by atoms with Gasteiger partial charge >= 0.3 is 6.03 Å². The summed E-state index contributed by atoms with van der Waals surface area (Å²) in [5.74, 6) is 0.982. The lowest BCUT2D eigenvalue weighted by atomic mass is 10.0. The van der Waals surface area contributed by atoms with Crippen molar-refractivity contribution in [3.63, 3.8) is 0 Å². The van der Waals surface area contributed by atoms with E-state index in [1.807, 2.05) is 59.0 Å². The van der Waals surface area contributed by atoms with E-state index < -0.39 is 0 Å². The molecule has 0 saturated carbocycles. The number of rotatable bonds is 4. The number of fused-ring (bicyclic) bond motifs is 3. The van der Waals surface area contributed by atoms with Crippen LogP contribution in [0.2, 0.25) is 0 Å². The Labute approximate surface area is 223 Å². The van der Waals surface area contributed by atoms with Gasteiger partial charge in [-0.25, -0.2) is 9.48 Å². The SMILES string of the molecule is CCc1nn(-c2ccccc2)c2c1CN(C(=O)Nc1ccc(C)cc1)[C@H](c1ccc(C)cc1)c1cccn1-2. The Morgan fingerprint density at radius 2 is 1.58 bits per heavy atom. The van der Waals surface area contributed by atoms with E-state index in [-0.39, 0.29) is 12.1 Å². The third-order valence-corrected chi connectivity index (χ3v) is 7.26. The van der Waals surface area contributed by atoms with Gasteiger partial charge in [-0.1, -0.05) is 72.6 Å². The summed E-state index contributed by atoms with van der Waals surface area (Å²) in [7, 11) is 0. The molecule has 0 bridgehead atoms. The topological polar surface area (TPSA) is 55.1 Å². The highest BCUT2D eigenvalue weighted by atomic mass is 16.2. The summed E-state index contributed by atoms with van der Waals surface area (Å²) in [4.78, 5) is 16.0. The lowest BCUT2D eigenvalue weighted by Crippen LogP contribution is -2.38. The molecule has 38 heavy (non-hydrogen) atoms. The summed E-state index contributed by atoms with van der Waals surface area (Å²) in [6, 6.07) is 30.3. The molecule has 0 spiro atoms. The van der Waals surface area contributed by atoms with Crippen molar-refractivity contribution in [1.82, 2.24) is 19.2 Å². The molecule has 6 heteroatoms. The Balaban J connectivity index is 1.54. The summed E-state index contributed by atoms with van der Waals surface area (Å²) in [5.41, 5.74) is 8.24. The fourth-order valence-electron chi connectivity index (χ4n) is 5.28. The van der Waals surface area contributed by atoms with Crippen LogP contribution in [-0.2, 0) is 13.0 Å². The van der Waals surface area contributed by atoms with Gasteiger partial charge in [0, 0.05) is 17.4 Å². The van der Waals surface area contributed by atoms with Crippen LogP contribution in [0.1, 0.15) is 46.6 Å². The molecule has 0 unspecified atom stereocenters. The average Bonchev–Trinajstić information content (AvgIpc) is 3.52. The van der Waals surface area contributed by atoms with Crippen LogP contribution in [0.4, 0.5) is 10.5 Å². The quantitative estimate of drug-likeness (QED) is 0.289. The van der Waals surface area contributed by atoms with Crippen molar-refractivity contribution in [3.05, 3.63) is 131 Å². The highest BCUT2D eigenvalue weighted by Gasteiger charge is 2.36. The summed E-state index contributed by atoms with van der Waals surface area (Å²) in [5, 5.41) is 8.19. The van der Waals surface area contributed by atoms with Gasteiger partial charge in [-0.2, -0.15) is 5.10 Å². The van der Waals surface area contributed by atoms with Crippen LogP contribution in [0.5, 0.6) is 0 Å². The van der Waals surface area contributed by atoms with Gasteiger partial charge in [-0.15, -0.1) is 0 Å².